The SMILES string of the molecule is CCC(C(=O)Nc1cc(C)nn1C1NC(=O)C2CNN(c3ccccc3)C2N1)c1ccccc1. The summed E-state index contributed by atoms with van der Waals surface area (Å²) in [5.74, 6) is -0.182. The van der Waals surface area contributed by atoms with Crippen LogP contribution in [0.4, 0.5) is 11.5 Å². The van der Waals surface area contributed by atoms with Gasteiger partial charge in [-0.2, -0.15) is 5.10 Å². The van der Waals surface area contributed by atoms with E-state index in [1.807, 2.05) is 85.6 Å². The van der Waals surface area contributed by atoms with Crippen LogP contribution in [0.5, 0.6) is 0 Å². The fourth-order valence-corrected chi connectivity index (χ4v) is 4.71. The van der Waals surface area contributed by atoms with Gasteiger partial charge in [-0.25, -0.2) is 10.1 Å². The molecule has 3 aromatic rings. The molecule has 2 aliphatic heterocycles. The first kappa shape index (κ1) is 22.1. The van der Waals surface area contributed by atoms with Gasteiger partial charge in [0.2, 0.25) is 11.8 Å². The van der Waals surface area contributed by atoms with E-state index in [0.717, 1.165) is 16.9 Å². The maximum absolute atomic E-state index is 13.2. The minimum Gasteiger partial charge on any atom is -0.321 e. The monoisotopic (exact) mass is 459 g/mol. The van der Waals surface area contributed by atoms with Crippen molar-refractivity contribution in [2.75, 3.05) is 16.9 Å². The molecule has 4 N–H and O–H groups in total. The van der Waals surface area contributed by atoms with Crippen LogP contribution in [0.3, 0.4) is 0 Å². The van der Waals surface area contributed by atoms with E-state index in [0.29, 0.717) is 18.8 Å². The number of hydrazine groups is 1. The van der Waals surface area contributed by atoms with Gasteiger partial charge in [-0.05, 0) is 31.0 Å². The number of hydrogen-bond acceptors (Lipinski definition) is 6. The lowest BCUT2D eigenvalue weighted by Crippen LogP contribution is -2.61. The summed E-state index contributed by atoms with van der Waals surface area (Å²) in [6.45, 7) is 4.39. The summed E-state index contributed by atoms with van der Waals surface area (Å²) in [5.41, 5.74) is 5.99. The minimum atomic E-state index is -0.610. The predicted molar refractivity (Wildman–Crippen MR) is 130 cm³/mol. The second-order valence-electron chi connectivity index (χ2n) is 8.67. The maximum Gasteiger partial charge on any atom is 0.233 e. The highest BCUT2D eigenvalue weighted by Gasteiger charge is 2.45. The molecule has 9 heteroatoms. The Labute approximate surface area is 198 Å². The molecule has 0 spiro atoms. The van der Waals surface area contributed by atoms with Gasteiger partial charge in [-0.15, -0.1) is 0 Å². The zero-order valence-electron chi connectivity index (χ0n) is 19.2. The molecule has 2 fully saturated rings. The van der Waals surface area contributed by atoms with Gasteiger partial charge in [-0.1, -0.05) is 55.5 Å². The van der Waals surface area contributed by atoms with Gasteiger partial charge >= 0.3 is 0 Å². The fourth-order valence-electron chi connectivity index (χ4n) is 4.71. The number of amides is 2. The third-order valence-electron chi connectivity index (χ3n) is 6.40. The van der Waals surface area contributed by atoms with E-state index in [9.17, 15) is 9.59 Å². The maximum atomic E-state index is 13.2. The Kier molecular flexibility index (Phi) is 6.04. The van der Waals surface area contributed by atoms with Crippen LogP contribution in [0.25, 0.3) is 0 Å². The number of nitrogens with zero attached hydrogens (tertiary/aromatic N) is 3. The average molecular weight is 460 g/mol. The van der Waals surface area contributed by atoms with Crippen molar-refractivity contribution in [1.29, 1.82) is 0 Å². The Balaban J connectivity index is 1.38. The number of hydrogen-bond donors (Lipinski definition) is 4. The molecule has 0 aliphatic carbocycles. The van der Waals surface area contributed by atoms with E-state index in [1.54, 1.807) is 4.68 Å². The van der Waals surface area contributed by atoms with Gasteiger partial charge in [0, 0.05) is 12.6 Å². The summed E-state index contributed by atoms with van der Waals surface area (Å²) in [6.07, 6.45) is -0.203. The van der Waals surface area contributed by atoms with Crippen molar-refractivity contribution in [2.45, 2.75) is 38.6 Å². The average Bonchev–Trinajstić information content (AvgIpc) is 3.44. The van der Waals surface area contributed by atoms with E-state index < -0.39 is 6.29 Å². The van der Waals surface area contributed by atoms with Crippen LogP contribution in [0.2, 0.25) is 0 Å². The van der Waals surface area contributed by atoms with Crippen molar-refractivity contribution in [3.05, 3.63) is 78.0 Å². The summed E-state index contributed by atoms with van der Waals surface area (Å²) in [7, 11) is 0. The van der Waals surface area contributed by atoms with Gasteiger partial charge in [0.15, 0.2) is 6.29 Å². The molecule has 176 valence electrons. The Morgan fingerprint density at radius 3 is 2.56 bits per heavy atom. The lowest BCUT2D eigenvalue weighted by molar-refractivity contribution is -0.129. The number of aromatic nitrogens is 2. The molecule has 5 rings (SSSR count). The summed E-state index contributed by atoms with van der Waals surface area (Å²) < 4.78 is 1.64. The number of nitrogens with one attached hydrogen (secondary N) is 4. The van der Waals surface area contributed by atoms with E-state index in [1.165, 1.54) is 0 Å². The van der Waals surface area contributed by atoms with Crippen LogP contribution >= 0.6 is 0 Å². The van der Waals surface area contributed by atoms with Gasteiger partial charge in [0.25, 0.3) is 0 Å². The molecular weight excluding hydrogens is 430 g/mol. The predicted octanol–water partition coefficient (Wildman–Crippen LogP) is 2.47. The van der Waals surface area contributed by atoms with Gasteiger partial charge < -0.3 is 10.6 Å². The van der Waals surface area contributed by atoms with Gasteiger partial charge in [-0.3, -0.25) is 19.9 Å². The Morgan fingerprint density at radius 1 is 1.15 bits per heavy atom. The minimum absolute atomic E-state index is 0.0687. The van der Waals surface area contributed by atoms with E-state index in [-0.39, 0.29) is 29.8 Å². The molecular formula is C25H29N7O2. The summed E-state index contributed by atoms with van der Waals surface area (Å²) >= 11 is 0. The molecule has 34 heavy (non-hydrogen) atoms. The van der Waals surface area contributed by atoms with Crippen molar-refractivity contribution >= 4 is 23.3 Å². The molecule has 2 amide bonds. The molecule has 1 aromatic heterocycles. The second kappa shape index (κ2) is 9.28. The first-order valence-electron chi connectivity index (χ1n) is 11.6. The number of carbonyl (C=O) groups excluding carboxylic acids is 2. The molecule has 2 saturated heterocycles. The Bertz CT molecular complexity index is 1160. The number of para-hydroxylation sites is 1. The van der Waals surface area contributed by atoms with Gasteiger partial charge in [0.05, 0.1) is 23.2 Å². The Morgan fingerprint density at radius 2 is 1.85 bits per heavy atom. The van der Waals surface area contributed by atoms with Crippen molar-refractivity contribution in [1.82, 2.24) is 25.8 Å². The number of benzene rings is 2. The standard InChI is InChI=1S/C25H29N7O2/c1-3-19(17-10-6-4-7-11-17)23(33)27-21-14-16(2)30-32(21)25-28-22-20(24(34)29-25)15-26-31(22)18-12-8-5-9-13-18/h4-14,19-20,22,25-26,28H,3,15H2,1-2H3,(H,27,33)(H,29,34). The molecule has 2 aliphatic rings. The number of carbonyl (C=O) groups is 2. The zero-order valence-corrected chi connectivity index (χ0v) is 19.2. The van der Waals surface area contributed by atoms with Crippen LogP contribution in [0, 0.1) is 12.8 Å². The number of aryl methyl sites for hydroxylation is 1. The molecule has 0 bridgehead atoms. The molecule has 2 aromatic carbocycles. The summed E-state index contributed by atoms with van der Waals surface area (Å²) in [6, 6.07) is 21.4. The van der Waals surface area contributed by atoms with Crippen molar-refractivity contribution in [3.63, 3.8) is 0 Å². The number of anilines is 2. The van der Waals surface area contributed by atoms with E-state index >= 15 is 0 Å². The van der Waals surface area contributed by atoms with E-state index in [2.05, 4.69) is 26.5 Å². The van der Waals surface area contributed by atoms with Crippen LogP contribution in [-0.4, -0.2) is 34.3 Å². The highest BCUT2D eigenvalue weighted by Crippen LogP contribution is 2.28. The largest absolute Gasteiger partial charge is 0.321 e. The number of rotatable bonds is 6. The highest BCUT2D eigenvalue weighted by atomic mass is 16.2. The van der Waals surface area contributed by atoms with E-state index in [4.69, 9.17) is 0 Å². The Hall–Kier alpha value is -3.69. The molecule has 3 heterocycles. The van der Waals surface area contributed by atoms with Crippen molar-refractivity contribution < 1.29 is 9.59 Å². The third kappa shape index (κ3) is 4.15. The van der Waals surface area contributed by atoms with Crippen molar-refractivity contribution in [3.8, 4) is 0 Å². The highest BCUT2D eigenvalue weighted by molar-refractivity contribution is 5.95. The van der Waals surface area contributed by atoms with Crippen LogP contribution in [0.1, 0.15) is 36.8 Å². The number of fused-ring (bicyclic) bond motifs is 1. The van der Waals surface area contributed by atoms with Crippen LogP contribution in [-0.2, 0) is 9.59 Å². The van der Waals surface area contributed by atoms with Crippen molar-refractivity contribution in [2.24, 2.45) is 5.92 Å². The smallest absolute Gasteiger partial charge is 0.233 e. The van der Waals surface area contributed by atoms with Crippen LogP contribution in [0.15, 0.2) is 66.7 Å². The topological polar surface area (TPSA) is 103 Å². The molecule has 0 radical (unpaired) electrons. The molecule has 4 unspecified atom stereocenters. The lowest BCUT2D eigenvalue weighted by Gasteiger charge is -2.37. The lowest BCUT2D eigenvalue weighted by atomic mass is 9.96. The normalized spacial score (nSPS) is 22.7. The summed E-state index contributed by atoms with van der Waals surface area (Å²) in [4.78, 5) is 26.2. The van der Waals surface area contributed by atoms with Crippen LogP contribution < -0.4 is 26.4 Å². The molecule has 4 atom stereocenters. The van der Waals surface area contributed by atoms with Gasteiger partial charge in [0.1, 0.15) is 12.0 Å². The zero-order chi connectivity index (χ0) is 23.7. The second-order valence-corrected chi connectivity index (χ2v) is 8.67. The first-order chi connectivity index (χ1) is 16.5. The summed E-state index contributed by atoms with van der Waals surface area (Å²) in [5, 5.41) is 16.1. The first-order valence-corrected chi connectivity index (χ1v) is 11.6. The molecule has 0 saturated carbocycles. The fraction of sp³-hybridized carbons (Fsp3) is 0.320. The molecule has 9 nitrogen and oxygen atoms in total. The quantitative estimate of drug-likeness (QED) is 0.452. The third-order valence-corrected chi connectivity index (χ3v) is 6.40.